The van der Waals surface area contributed by atoms with Crippen molar-refractivity contribution in [2.45, 2.75) is 38.2 Å². The van der Waals surface area contributed by atoms with Gasteiger partial charge in [-0.05, 0) is 13.3 Å². The molecule has 1 amide bonds. The summed E-state index contributed by atoms with van der Waals surface area (Å²) in [5, 5.41) is 13.3. The molecule has 1 aliphatic heterocycles. The summed E-state index contributed by atoms with van der Waals surface area (Å²) in [6.45, 7) is 1.86. The van der Waals surface area contributed by atoms with Gasteiger partial charge >= 0.3 is 5.56 Å². The fraction of sp³-hybridized carbons (Fsp3) is 0.600. The summed E-state index contributed by atoms with van der Waals surface area (Å²) in [6.07, 6.45) is 0.670. The number of hydrogen-bond donors (Lipinski definition) is 4. The summed E-state index contributed by atoms with van der Waals surface area (Å²) in [7, 11) is 3.29. The van der Waals surface area contributed by atoms with Gasteiger partial charge in [-0.15, -0.1) is 0 Å². The number of ether oxygens (including phenoxy) is 1. The molecular weight excluding hydrogens is 328 g/mol. The minimum atomic E-state index is -0.836. The van der Waals surface area contributed by atoms with Crippen LogP contribution in [0.15, 0.2) is 11.1 Å². The van der Waals surface area contributed by atoms with Crippen LogP contribution in [-0.2, 0) is 16.6 Å². The number of aliphatic hydroxyl groups excluding tert-OH is 1. The molecule has 0 bridgehead atoms. The summed E-state index contributed by atoms with van der Waals surface area (Å²) in [6, 6.07) is 0. The number of anilines is 1. The summed E-state index contributed by atoms with van der Waals surface area (Å²) in [5.74, 6) is -0.291. The molecule has 0 radical (unpaired) electrons. The highest BCUT2D eigenvalue weighted by molar-refractivity contribution is 5.75. The van der Waals surface area contributed by atoms with Gasteiger partial charge in [-0.25, -0.2) is 4.57 Å². The smallest absolute Gasteiger partial charge is 0.304 e. The van der Waals surface area contributed by atoms with Crippen molar-refractivity contribution < 1.29 is 19.2 Å². The van der Waals surface area contributed by atoms with Gasteiger partial charge in [-0.2, -0.15) is 9.55 Å². The number of aromatic amines is 1. The number of nitrogens with zero attached hydrogens (tertiary/aromatic N) is 3. The molecule has 3 heterocycles. The number of aliphatic hydroxyl groups is 1. The first kappa shape index (κ1) is 17.4. The summed E-state index contributed by atoms with van der Waals surface area (Å²) < 4.78 is 9.14. The number of H-pyrrole nitrogens is 1. The first-order valence-electron chi connectivity index (χ1n) is 8.13. The molecule has 10 heteroatoms. The molecule has 0 aromatic carbocycles. The fourth-order valence-electron chi connectivity index (χ4n) is 3.40. The van der Waals surface area contributed by atoms with Crippen LogP contribution < -0.4 is 21.2 Å². The van der Waals surface area contributed by atoms with Gasteiger partial charge < -0.3 is 20.9 Å². The number of nitrogens with two attached hydrogens (primary N) is 1. The second kappa shape index (κ2) is 6.45. The molecule has 1 saturated heterocycles. The first-order chi connectivity index (χ1) is 11.8. The van der Waals surface area contributed by atoms with Crippen LogP contribution in [0.5, 0.6) is 0 Å². The van der Waals surface area contributed by atoms with E-state index in [1.165, 1.54) is 0 Å². The van der Waals surface area contributed by atoms with Crippen molar-refractivity contribution in [1.82, 2.24) is 19.9 Å². The second-order valence-corrected chi connectivity index (χ2v) is 6.36. The number of imidazole rings is 1. The van der Waals surface area contributed by atoms with Crippen molar-refractivity contribution in [1.29, 1.82) is 0 Å². The number of carbonyl (C=O) groups excluding carboxylic acids is 1. The summed E-state index contributed by atoms with van der Waals surface area (Å²) in [4.78, 5) is 30.2. The number of nitrogen functional groups attached to an aromatic ring is 1. The van der Waals surface area contributed by atoms with E-state index in [0.29, 0.717) is 24.0 Å². The standard InChI is InChI=1S/C15H22N6O4/c1-7-8(4-5-9(22)17-2)11(23)14(25-7)21-6-20(3)10-12(21)18-15(16)19-13(10)24/h6-8,11,14,23H,4-5H2,1-3H3,(H3-,16,17,18,19,22,24)/p+1/t7-,8-,11-,14?/m1/s1. The fourth-order valence-corrected chi connectivity index (χ4v) is 3.40. The van der Waals surface area contributed by atoms with Gasteiger partial charge in [0.25, 0.3) is 11.2 Å². The van der Waals surface area contributed by atoms with E-state index in [1.807, 2.05) is 6.92 Å². The van der Waals surface area contributed by atoms with Crippen LogP contribution in [0.1, 0.15) is 26.0 Å². The highest BCUT2D eigenvalue weighted by Gasteiger charge is 2.46. The molecule has 25 heavy (non-hydrogen) atoms. The lowest BCUT2D eigenvalue weighted by atomic mass is 9.93. The molecular formula is C15H23N6O4+. The highest BCUT2D eigenvalue weighted by atomic mass is 16.5. The lowest BCUT2D eigenvalue weighted by Gasteiger charge is -2.16. The van der Waals surface area contributed by atoms with E-state index in [-0.39, 0.29) is 29.4 Å². The number of aromatic nitrogens is 4. The maximum atomic E-state index is 12.1. The van der Waals surface area contributed by atoms with Gasteiger partial charge in [0, 0.05) is 19.4 Å². The zero-order chi connectivity index (χ0) is 18.3. The van der Waals surface area contributed by atoms with Gasteiger partial charge in [0.1, 0.15) is 6.10 Å². The predicted octanol–water partition coefficient (Wildman–Crippen LogP) is -1.45. The van der Waals surface area contributed by atoms with Crippen molar-refractivity contribution in [3.05, 3.63) is 16.7 Å². The third-order valence-electron chi connectivity index (χ3n) is 4.74. The number of hydrogen-bond acceptors (Lipinski definition) is 6. The molecule has 3 rings (SSSR count). The Labute approximate surface area is 143 Å². The Bertz CT molecular complexity index is 860. The molecule has 0 saturated carbocycles. The Morgan fingerprint density at radius 2 is 2.32 bits per heavy atom. The Kier molecular flexibility index (Phi) is 4.48. The number of fused-ring (bicyclic) bond motifs is 1. The van der Waals surface area contributed by atoms with Crippen molar-refractivity contribution in [2.24, 2.45) is 13.0 Å². The van der Waals surface area contributed by atoms with Crippen LogP contribution >= 0.6 is 0 Å². The molecule has 4 atom stereocenters. The van der Waals surface area contributed by atoms with Crippen LogP contribution in [0.25, 0.3) is 11.2 Å². The second-order valence-electron chi connectivity index (χ2n) is 6.36. The number of rotatable bonds is 4. The largest absolute Gasteiger partial charge is 0.386 e. The lowest BCUT2D eigenvalue weighted by molar-refractivity contribution is -0.646. The quantitative estimate of drug-likeness (QED) is 0.497. The number of aryl methyl sites for hydroxylation is 1. The predicted molar refractivity (Wildman–Crippen MR) is 88.3 cm³/mol. The van der Waals surface area contributed by atoms with E-state index < -0.39 is 12.3 Å². The van der Waals surface area contributed by atoms with Gasteiger partial charge in [0.15, 0.2) is 0 Å². The third kappa shape index (κ3) is 2.98. The summed E-state index contributed by atoms with van der Waals surface area (Å²) >= 11 is 0. The van der Waals surface area contributed by atoms with Gasteiger partial charge in [0.2, 0.25) is 24.4 Å². The first-order valence-corrected chi connectivity index (χ1v) is 8.13. The molecule has 5 N–H and O–H groups in total. The maximum absolute atomic E-state index is 12.1. The van der Waals surface area contributed by atoms with Gasteiger partial charge in [0.05, 0.1) is 13.2 Å². The monoisotopic (exact) mass is 351 g/mol. The number of nitrogens with one attached hydrogen (secondary N) is 2. The average Bonchev–Trinajstić information content (AvgIpc) is 3.02. The Morgan fingerprint density at radius 1 is 1.60 bits per heavy atom. The Morgan fingerprint density at radius 3 is 3.00 bits per heavy atom. The average molecular weight is 351 g/mol. The van der Waals surface area contributed by atoms with Gasteiger partial charge in [-0.1, -0.05) is 0 Å². The molecule has 2 aromatic rings. The SMILES string of the molecule is CNC(=O)CC[C@@H]1[C@@H](C)OC(n2c[n+](C)c3c(=O)[nH]c(N)nc32)[C@@H]1O. The molecule has 2 aromatic heterocycles. The highest BCUT2D eigenvalue weighted by Crippen LogP contribution is 2.37. The molecule has 1 aliphatic rings. The minimum Gasteiger partial charge on any atom is -0.386 e. The molecule has 1 fully saturated rings. The van der Waals surface area contributed by atoms with Crippen LogP contribution in [0, 0.1) is 5.92 Å². The van der Waals surface area contributed by atoms with E-state index >= 15 is 0 Å². The van der Waals surface area contributed by atoms with E-state index in [2.05, 4.69) is 15.3 Å². The molecule has 10 nitrogen and oxygen atoms in total. The van der Waals surface area contributed by atoms with Crippen LogP contribution in [-0.4, -0.2) is 44.8 Å². The molecule has 136 valence electrons. The minimum absolute atomic E-state index is 0.00541. The van der Waals surface area contributed by atoms with E-state index in [1.54, 1.807) is 29.6 Å². The topological polar surface area (TPSA) is 139 Å². The van der Waals surface area contributed by atoms with Crippen molar-refractivity contribution in [3.8, 4) is 0 Å². The number of amides is 1. The Hall–Kier alpha value is -2.46. The lowest BCUT2D eigenvalue weighted by Crippen LogP contribution is -2.32. The van der Waals surface area contributed by atoms with Crippen LogP contribution in [0.3, 0.4) is 0 Å². The van der Waals surface area contributed by atoms with E-state index in [9.17, 15) is 14.7 Å². The van der Waals surface area contributed by atoms with Crippen molar-refractivity contribution in [2.75, 3.05) is 12.8 Å². The van der Waals surface area contributed by atoms with E-state index in [0.717, 1.165) is 0 Å². The Balaban J connectivity index is 1.94. The van der Waals surface area contributed by atoms with Crippen LogP contribution in [0.2, 0.25) is 0 Å². The van der Waals surface area contributed by atoms with E-state index in [4.69, 9.17) is 10.5 Å². The third-order valence-corrected chi connectivity index (χ3v) is 4.74. The normalized spacial score (nSPS) is 26.2. The summed E-state index contributed by atoms with van der Waals surface area (Å²) in [5.41, 5.74) is 5.97. The van der Waals surface area contributed by atoms with Gasteiger partial charge in [-0.3, -0.25) is 14.6 Å². The molecule has 0 spiro atoms. The molecule has 1 unspecified atom stereocenters. The van der Waals surface area contributed by atoms with Crippen molar-refractivity contribution in [3.63, 3.8) is 0 Å². The van der Waals surface area contributed by atoms with Crippen molar-refractivity contribution >= 4 is 23.0 Å². The zero-order valence-corrected chi connectivity index (χ0v) is 14.4. The zero-order valence-electron chi connectivity index (χ0n) is 14.4. The van der Waals surface area contributed by atoms with Crippen LogP contribution in [0.4, 0.5) is 5.95 Å². The number of carbonyl (C=O) groups is 1. The maximum Gasteiger partial charge on any atom is 0.304 e. The molecule has 0 aliphatic carbocycles.